The van der Waals surface area contributed by atoms with Crippen molar-refractivity contribution in [3.63, 3.8) is 0 Å². The fourth-order valence-corrected chi connectivity index (χ4v) is 4.96. The van der Waals surface area contributed by atoms with Gasteiger partial charge in [0.2, 0.25) is 15.5 Å². The minimum absolute atomic E-state index is 0.184. The van der Waals surface area contributed by atoms with E-state index in [1.807, 2.05) is 0 Å². The van der Waals surface area contributed by atoms with Crippen molar-refractivity contribution in [3.8, 4) is 11.4 Å². The summed E-state index contributed by atoms with van der Waals surface area (Å²) in [5.74, 6) is 0.280. The summed E-state index contributed by atoms with van der Waals surface area (Å²) in [5.41, 5.74) is 1.24. The van der Waals surface area contributed by atoms with Crippen LogP contribution in [0.15, 0.2) is 46.2 Å². The molecular weight excluding hydrogens is 378 g/mol. The molecule has 2 aromatic rings. The number of ether oxygens (including phenoxy) is 1. The lowest BCUT2D eigenvalue weighted by Gasteiger charge is -2.36. The quantitative estimate of drug-likeness (QED) is 0.759. The molecule has 3 rings (SSSR count). The Morgan fingerprint density at radius 1 is 1.00 bits per heavy atom. The number of aromatic nitrogens is 1. The van der Waals surface area contributed by atoms with E-state index in [0.717, 1.165) is 18.8 Å². The molecule has 0 saturated carbocycles. The van der Waals surface area contributed by atoms with Crippen LogP contribution in [0.3, 0.4) is 0 Å². The van der Waals surface area contributed by atoms with Crippen LogP contribution in [0.25, 0.3) is 5.69 Å². The van der Waals surface area contributed by atoms with Crippen LogP contribution in [-0.2, 0) is 10.0 Å². The van der Waals surface area contributed by atoms with E-state index < -0.39 is 10.0 Å². The Morgan fingerprint density at radius 2 is 1.61 bits per heavy atom. The van der Waals surface area contributed by atoms with Crippen LogP contribution >= 0.6 is 0 Å². The highest BCUT2D eigenvalue weighted by molar-refractivity contribution is 7.89. The zero-order chi connectivity index (χ0) is 20.5. The molecule has 152 valence electrons. The summed E-state index contributed by atoms with van der Waals surface area (Å²) in [5, 5.41) is 0. The number of hydrogen-bond donors (Lipinski definition) is 0. The lowest BCUT2D eigenvalue weighted by molar-refractivity contribution is 0.154. The Kier molecular flexibility index (Phi) is 5.92. The molecule has 0 amide bonds. The minimum atomic E-state index is -3.52. The summed E-state index contributed by atoms with van der Waals surface area (Å²) in [6.07, 6.45) is 1.66. The summed E-state index contributed by atoms with van der Waals surface area (Å²) in [7, 11) is -2.06. The Bertz CT molecular complexity index is 989. The van der Waals surface area contributed by atoms with Crippen LogP contribution in [0.5, 0.6) is 5.75 Å². The first kappa shape index (κ1) is 20.6. The second-order valence-corrected chi connectivity index (χ2v) is 9.13. The SMILES string of the molecule is COc1c(C)n(-c2ccc(S(=O)(=O)N3CCN(C(C)C)CC3)cc2)ccc1=O. The summed E-state index contributed by atoms with van der Waals surface area (Å²) in [6, 6.07) is 8.57. The second-order valence-electron chi connectivity index (χ2n) is 7.20. The predicted octanol–water partition coefficient (Wildman–Crippen LogP) is 1.87. The summed E-state index contributed by atoms with van der Waals surface area (Å²) >= 11 is 0. The smallest absolute Gasteiger partial charge is 0.243 e. The maximum absolute atomic E-state index is 13.0. The van der Waals surface area contributed by atoms with Crippen LogP contribution in [0, 0.1) is 6.92 Å². The molecular formula is C20H27N3O4S. The molecule has 1 aromatic carbocycles. The molecule has 1 aliphatic rings. The molecule has 0 unspecified atom stereocenters. The average Bonchev–Trinajstić information content (AvgIpc) is 2.68. The van der Waals surface area contributed by atoms with Gasteiger partial charge in [0.25, 0.3) is 0 Å². The van der Waals surface area contributed by atoms with Gasteiger partial charge in [-0.2, -0.15) is 4.31 Å². The van der Waals surface area contributed by atoms with E-state index in [1.165, 1.54) is 13.2 Å². The van der Waals surface area contributed by atoms with Gasteiger partial charge in [0, 0.05) is 50.2 Å². The highest BCUT2D eigenvalue weighted by Crippen LogP contribution is 2.22. The van der Waals surface area contributed by atoms with Gasteiger partial charge in [-0.15, -0.1) is 0 Å². The first-order valence-electron chi connectivity index (χ1n) is 9.36. The van der Waals surface area contributed by atoms with Gasteiger partial charge >= 0.3 is 0 Å². The third-order valence-corrected chi connectivity index (χ3v) is 7.16. The molecule has 0 aliphatic carbocycles. The number of sulfonamides is 1. The number of pyridine rings is 1. The highest BCUT2D eigenvalue weighted by atomic mass is 32.2. The highest BCUT2D eigenvalue weighted by Gasteiger charge is 2.29. The second kappa shape index (κ2) is 8.06. The van der Waals surface area contributed by atoms with Crippen molar-refractivity contribution in [2.45, 2.75) is 31.7 Å². The molecule has 0 atom stereocenters. The minimum Gasteiger partial charge on any atom is -0.491 e. The number of methoxy groups -OCH3 is 1. The molecule has 7 nitrogen and oxygen atoms in total. The van der Waals surface area contributed by atoms with Crippen LogP contribution in [-0.4, -0.2) is 61.5 Å². The fraction of sp³-hybridized carbons (Fsp3) is 0.450. The van der Waals surface area contributed by atoms with Gasteiger partial charge in [-0.05, 0) is 45.0 Å². The summed E-state index contributed by atoms with van der Waals surface area (Å²) < 4.78 is 34.5. The number of nitrogens with zero attached hydrogens (tertiary/aromatic N) is 3. The molecule has 28 heavy (non-hydrogen) atoms. The molecule has 1 aromatic heterocycles. The Labute approximate surface area is 166 Å². The van der Waals surface area contributed by atoms with Crippen molar-refractivity contribution < 1.29 is 13.2 Å². The zero-order valence-corrected chi connectivity index (χ0v) is 17.6. The zero-order valence-electron chi connectivity index (χ0n) is 16.8. The number of piperazine rings is 1. The van der Waals surface area contributed by atoms with E-state index in [2.05, 4.69) is 18.7 Å². The molecule has 8 heteroatoms. The van der Waals surface area contributed by atoms with Gasteiger partial charge in [-0.3, -0.25) is 9.69 Å². The molecule has 2 heterocycles. The summed E-state index contributed by atoms with van der Waals surface area (Å²) in [6.45, 7) is 8.51. The lowest BCUT2D eigenvalue weighted by Crippen LogP contribution is -2.50. The Balaban J connectivity index is 1.84. The third-order valence-electron chi connectivity index (χ3n) is 5.25. The number of hydrogen-bond acceptors (Lipinski definition) is 5. The van der Waals surface area contributed by atoms with E-state index in [4.69, 9.17) is 4.74 Å². The van der Waals surface area contributed by atoms with Crippen molar-refractivity contribution in [2.75, 3.05) is 33.3 Å². The van der Waals surface area contributed by atoms with Gasteiger partial charge in [0.1, 0.15) is 0 Å². The third kappa shape index (κ3) is 3.85. The monoisotopic (exact) mass is 405 g/mol. The first-order chi connectivity index (χ1) is 13.3. The largest absolute Gasteiger partial charge is 0.491 e. The van der Waals surface area contributed by atoms with E-state index in [-0.39, 0.29) is 16.1 Å². The van der Waals surface area contributed by atoms with Crippen LogP contribution in [0.1, 0.15) is 19.5 Å². The van der Waals surface area contributed by atoms with Gasteiger partial charge in [0.15, 0.2) is 5.75 Å². The standard InChI is InChI=1S/C20H27N3O4S/c1-15(2)21-11-13-22(14-12-21)28(25,26)18-7-5-17(6-8-18)23-10-9-19(24)20(27-4)16(23)3/h5-10,15H,11-14H2,1-4H3. The molecule has 0 N–H and O–H groups in total. The maximum atomic E-state index is 13.0. The van der Waals surface area contributed by atoms with Gasteiger partial charge < -0.3 is 9.30 Å². The van der Waals surface area contributed by atoms with Crippen molar-refractivity contribution >= 4 is 10.0 Å². The molecule has 1 aliphatic heterocycles. The topological polar surface area (TPSA) is 71.8 Å². The molecule has 1 saturated heterocycles. The molecule has 0 spiro atoms. The van der Waals surface area contributed by atoms with Crippen molar-refractivity contribution in [1.29, 1.82) is 0 Å². The average molecular weight is 406 g/mol. The maximum Gasteiger partial charge on any atom is 0.243 e. The van der Waals surface area contributed by atoms with Crippen molar-refractivity contribution in [2.24, 2.45) is 0 Å². The van der Waals surface area contributed by atoms with Gasteiger partial charge in [0.05, 0.1) is 17.7 Å². The van der Waals surface area contributed by atoms with E-state index in [9.17, 15) is 13.2 Å². The van der Waals surface area contributed by atoms with E-state index in [1.54, 1.807) is 46.3 Å². The Morgan fingerprint density at radius 3 is 2.14 bits per heavy atom. The molecule has 0 bridgehead atoms. The normalized spacial score (nSPS) is 16.5. The number of rotatable bonds is 5. The summed E-state index contributed by atoms with van der Waals surface area (Å²) in [4.78, 5) is 14.4. The number of benzene rings is 1. The van der Waals surface area contributed by atoms with Crippen molar-refractivity contribution in [3.05, 3.63) is 52.4 Å². The first-order valence-corrected chi connectivity index (χ1v) is 10.8. The van der Waals surface area contributed by atoms with Crippen LogP contribution < -0.4 is 10.2 Å². The Hall–Kier alpha value is -2.16. The predicted molar refractivity (Wildman–Crippen MR) is 109 cm³/mol. The van der Waals surface area contributed by atoms with E-state index in [0.29, 0.717) is 24.8 Å². The lowest BCUT2D eigenvalue weighted by atomic mass is 10.2. The molecule has 0 radical (unpaired) electrons. The fourth-order valence-electron chi connectivity index (χ4n) is 3.53. The van der Waals surface area contributed by atoms with Gasteiger partial charge in [-0.25, -0.2) is 8.42 Å². The molecule has 1 fully saturated rings. The van der Waals surface area contributed by atoms with Gasteiger partial charge in [-0.1, -0.05) is 0 Å². The van der Waals surface area contributed by atoms with Crippen LogP contribution in [0.2, 0.25) is 0 Å². The van der Waals surface area contributed by atoms with Crippen LogP contribution in [0.4, 0.5) is 0 Å². The van der Waals surface area contributed by atoms with Crippen molar-refractivity contribution in [1.82, 2.24) is 13.8 Å². The van der Waals surface area contributed by atoms with E-state index >= 15 is 0 Å².